The molecule has 1 atom stereocenters. The maximum atomic E-state index is 12.6. The van der Waals surface area contributed by atoms with Crippen molar-refractivity contribution in [1.29, 1.82) is 5.26 Å². The lowest BCUT2D eigenvalue weighted by atomic mass is 9.90. The zero-order valence-corrected chi connectivity index (χ0v) is 16.1. The van der Waals surface area contributed by atoms with E-state index in [2.05, 4.69) is 6.92 Å². The number of para-hydroxylation sites is 1. The molecule has 3 rings (SSSR count). The fraction of sp³-hybridized carbons (Fsp3) is 0.381. The summed E-state index contributed by atoms with van der Waals surface area (Å²) in [6.07, 6.45) is 3.35. The molecule has 1 aliphatic carbocycles. The van der Waals surface area contributed by atoms with E-state index in [1.165, 1.54) is 26.7 Å². The molecule has 0 fully saturated rings. The predicted molar refractivity (Wildman–Crippen MR) is 105 cm³/mol. The molecule has 1 amide bonds. The maximum absolute atomic E-state index is 12.6. The van der Waals surface area contributed by atoms with Gasteiger partial charge in [0.15, 0.2) is 6.61 Å². The highest BCUT2D eigenvalue weighted by Crippen LogP contribution is 2.32. The topological polar surface area (TPSA) is 70.4 Å². The Bertz CT molecular complexity index is 854. The average molecular weight is 382 g/mol. The first-order valence-electron chi connectivity index (χ1n) is 9.09. The van der Waals surface area contributed by atoms with Crippen LogP contribution in [0, 0.1) is 17.2 Å². The third kappa shape index (κ3) is 4.75. The number of ether oxygens (including phenoxy) is 1. The van der Waals surface area contributed by atoms with Gasteiger partial charge in [0.25, 0.3) is 5.91 Å². The van der Waals surface area contributed by atoms with Crippen LogP contribution in [-0.2, 0) is 22.4 Å². The van der Waals surface area contributed by atoms with Crippen LogP contribution in [0.25, 0.3) is 0 Å². The largest absolute Gasteiger partial charge is 0.451 e. The smallest absolute Gasteiger partial charge is 0.348 e. The Morgan fingerprint density at radius 3 is 2.85 bits per heavy atom. The fourth-order valence-corrected chi connectivity index (χ4v) is 4.35. The Labute approximate surface area is 163 Å². The number of amides is 1. The van der Waals surface area contributed by atoms with Crippen LogP contribution < -0.4 is 4.90 Å². The summed E-state index contributed by atoms with van der Waals surface area (Å²) in [6, 6.07) is 13.1. The molecular weight excluding hydrogens is 360 g/mol. The van der Waals surface area contributed by atoms with Crippen molar-refractivity contribution in [1.82, 2.24) is 0 Å². The van der Waals surface area contributed by atoms with E-state index < -0.39 is 5.97 Å². The van der Waals surface area contributed by atoms with E-state index in [9.17, 15) is 9.59 Å². The van der Waals surface area contributed by atoms with Gasteiger partial charge in [-0.25, -0.2) is 4.79 Å². The van der Waals surface area contributed by atoms with Crippen molar-refractivity contribution in [2.45, 2.75) is 32.6 Å². The number of benzene rings is 1. The van der Waals surface area contributed by atoms with E-state index in [1.54, 1.807) is 12.1 Å². The number of anilines is 1. The molecule has 1 heterocycles. The molecule has 1 aromatic heterocycles. The van der Waals surface area contributed by atoms with E-state index in [1.807, 2.05) is 30.3 Å². The number of carbonyl (C=O) groups excluding carboxylic acids is 2. The van der Waals surface area contributed by atoms with Gasteiger partial charge in [-0.2, -0.15) is 5.26 Å². The zero-order chi connectivity index (χ0) is 19.2. The summed E-state index contributed by atoms with van der Waals surface area (Å²) in [5.41, 5.74) is 1.92. The molecule has 0 bridgehead atoms. The summed E-state index contributed by atoms with van der Waals surface area (Å²) < 4.78 is 5.27. The van der Waals surface area contributed by atoms with Crippen molar-refractivity contribution in [3.63, 3.8) is 0 Å². The predicted octanol–water partition coefficient (Wildman–Crippen LogP) is 3.98. The third-order valence-electron chi connectivity index (χ3n) is 4.67. The van der Waals surface area contributed by atoms with E-state index in [0.29, 0.717) is 16.5 Å². The van der Waals surface area contributed by atoms with E-state index in [4.69, 9.17) is 10.00 Å². The Balaban J connectivity index is 1.63. The number of hydrogen-bond acceptors (Lipinski definition) is 5. The molecule has 140 valence electrons. The van der Waals surface area contributed by atoms with Crippen LogP contribution in [-0.4, -0.2) is 25.0 Å². The van der Waals surface area contributed by atoms with Gasteiger partial charge in [0, 0.05) is 17.1 Å². The summed E-state index contributed by atoms with van der Waals surface area (Å²) in [4.78, 5) is 28.3. The second-order valence-electron chi connectivity index (χ2n) is 6.77. The van der Waals surface area contributed by atoms with Crippen LogP contribution in [0.4, 0.5) is 5.69 Å². The minimum Gasteiger partial charge on any atom is -0.451 e. The standard InChI is InChI=1S/C21H22N2O3S/c1-15-8-9-18-16(12-15)13-19(27-18)21(25)26-14-20(24)23(11-5-10-22)17-6-3-2-4-7-17/h2-4,6-7,13,15H,5,8-9,11-12,14H2,1H3. The number of rotatable bonds is 6. The number of thiophene rings is 1. The molecular formula is C21H22N2O3S. The van der Waals surface area contributed by atoms with Crippen molar-refractivity contribution in [2.24, 2.45) is 5.92 Å². The summed E-state index contributed by atoms with van der Waals surface area (Å²) in [6.45, 7) is 2.15. The van der Waals surface area contributed by atoms with Gasteiger partial charge in [0.1, 0.15) is 4.88 Å². The van der Waals surface area contributed by atoms with Crippen LogP contribution in [0.3, 0.4) is 0 Å². The molecule has 1 unspecified atom stereocenters. The van der Waals surface area contributed by atoms with Crippen LogP contribution in [0.1, 0.15) is 39.9 Å². The molecule has 0 aliphatic heterocycles. The highest BCUT2D eigenvalue weighted by Gasteiger charge is 2.23. The third-order valence-corrected chi connectivity index (χ3v) is 5.89. The number of hydrogen-bond donors (Lipinski definition) is 0. The van der Waals surface area contributed by atoms with Gasteiger partial charge < -0.3 is 9.64 Å². The summed E-state index contributed by atoms with van der Waals surface area (Å²) in [5, 5.41) is 8.84. The lowest BCUT2D eigenvalue weighted by Crippen LogP contribution is -2.35. The molecule has 0 radical (unpaired) electrons. The first kappa shape index (κ1) is 19.1. The quantitative estimate of drug-likeness (QED) is 0.709. The number of nitrogens with zero attached hydrogens (tertiary/aromatic N) is 2. The van der Waals surface area contributed by atoms with Gasteiger partial charge >= 0.3 is 5.97 Å². The van der Waals surface area contributed by atoms with Crippen molar-refractivity contribution in [3.8, 4) is 6.07 Å². The Kier molecular flexibility index (Phi) is 6.25. The molecule has 0 spiro atoms. The number of carbonyl (C=O) groups is 2. The van der Waals surface area contributed by atoms with Gasteiger partial charge in [0.05, 0.1) is 12.5 Å². The Morgan fingerprint density at radius 1 is 1.33 bits per heavy atom. The minimum atomic E-state index is -0.455. The zero-order valence-electron chi connectivity index (χ0n) is 15.3. The second kappa shape index (κ2) is 8.83. The number of fused-ring (bicyclic) bond motifs is 1. The number of esters is 1. The number of aryl methyl sites for hydroxylation is 1. The first-order chi connectivity index (χ1) is 13.1. The molecule has 1 aliphatic rings. The van der Waals surface area contributed by atoms with Crippen LogP contribution in [0.5, 0.6) is 0 Å². The van der Waals surface area contributed by atoms with Gasteiger partial charge in [-0.15, -0.1) is 11.3 Å². The minimum absolute atomic E-state index is 0.213. The molecule has 0 saturated carbocycles. The lowest BCUT2D eigenvalue weighted by molar-refractivity contribution is -0.121. The second-order valence-corrected chi connectivity index (χ2v) is 7.91. The van der Waals surface area contributed by atoms with Crippen LogP contribution >= 0.6 is 11.3 Å². The molecule has 5 nitrogen and oxygen atoms in total. The van der Waals surface area contributed by atoms with Crippen molar-refractivity contribution in [2.75, 3.05) is 18.1 Å². The SMILES string of the molecule is CC1CCc2sc(C(=O)OCC(=O)N(CCC#N)c3ccccc3)cc2C1. The summed E-state index contributed by atoms with van der Waals surface area (Å²) in [7, 11) is 0. The summed E-state index contributed by atoms with van der Waals surface area (Å²) >= 11 is 1.47. The molecule has 27 heavy (non-hydrogen) atoms. The lowest BCUT2D eigenvalue weighted by Gasteiger charge is -2.21. The van der Waals surface area contributed by atoms with Crippen molar-refractivity contribution >= 4 is 28.9 Å². The Morgan fingerprint density at radius 2 is 2.11 bits per heavy atom. The molecule has 2 aromatic rings. The van der Waals surface area contributed by atoms with E-state index in [0.717, 1.165) is 19.3 Å². The molecule has 1 aromatic carbocycles. The van der Waals surface area contributed by atoms with Crippen LogP contribution in [0.2, 0.25) is 0 Å². The van der Waals surface area contributed by atoms with Gasteiger partial charge in [0.2, 0.25) is 0 Å². The summed E-state index contributed by atoms with van der Waals surface area (Å²) in [5.74, 6) is -0.152. The maximum Gasteiger partial charge on any atom is 0.348 e. The highest BCUT2D eigenvalue weighted by molar-refractivity contribution is 7.14. The highest BCUT2D eigenvalue weighted by atomic mass is 32.1. The number of nitriles is 1. The fourth-order valence-electron chi connectivity index (χ4n) is 3.25. The first-order valence-corrected chi connectivity index (χ1v) is 9.91. The molecule has 0 N–H and O–H groups in total. The van der Waals surface area contributed by atoms with Crippen molar-refractivity contribution in [3.05, 3.63) is 51.7 Å². The van der Waals surface area contributed by atoms with E-state index in [-0.39, 0.29) is 25.5 Å². The molecule has 6 heteroatoms. The average Bonchev–Trinajstić information content (AvgIpc) is 3.10. The molecule has 0 saturated heterocycles. The van der Waals surface area contributed by atoms with Gasteiger partial charge in [-0.3, -0.25) is 4.79 Å². The normalized spacial score (nSPS) is 15.5. The Hall–Kier alpha value is -2.65. The monoisotopic (exact) mass is 382 g/mol. The van der Waals surface area contributed by atoms with Gasteiger partial charge in [-0.1, -0.05) is 25.1 Å². The van der Waals surface area contributed by atoms with Gasteiger partial charge in [-0.05, 0) is 48.9 Å². The van der Waals surface area contributed by atoms with E-state index >= 15 is 0 Å². The van der Waals surface area contributed by atoms with Crippen molar-refractivity contribution < 1.29 is 14.3 Å². The van der Waals surface area contributed by atoms with Crippen LogP contribution in [0.15, 0.2) is 36.4 Å².